The molecule has 1 atom stereocenters. The molecule has 1 amide bonds. The van der Waals surface area contributed by atoms with Gasteiger partial charge in [0.05, 0.1) is 18.0 Å². The predicted octanol–water partition coefficient (Wildman–Crippen LogP) is 4.28. The molecule has 0 aliphatic carbocycles. The van der Waals surface area contributed by atoms with E-state index in [1.165, 1.54) is 6.07 Å². The van der Waals surface area contributed by atoms with Crippen molar-refractivity contribution in [1.29, 1.82) is 0 Å². The highest BCUT2D eigenvalue weighted by atomic mass is 79.9. The molecule has 1 saturated heterocycles. The summed E-state index contributed by atoms with van der Waals surface area (Å²) in [7, 11) is 0. The summed E-state index contributed by atoms with van der Waals surface area (Å²) in [5.41, 5.74) is 0.124. The summed E-state index contributed by atoms with van der Waals surface area (Å²) in [6, 6.07) is 10.1. The molecular formula is C21H20BrNO5. The van der Waals surface area contributed by atoms with Crippen LogP contribution in [0.25, 0.3) is 11.0 Å². The van der Waals surface area contributed by atoms with E-state index in [9.17, 15) is 9.59 Å². The molecule has 28 heavy (non-hydrogen) atoms. The number of benzene rings is 1. The fourth-order valence-corrected chi connectivity index (χ4v) is 3.74. The van der Waals surface area contributed by atoms with Crippen LogP contribution in [0.5, 0.6) is 0 Å². The van der Waals surface area contributed by atoms with Crippen molar-refractivity contribution in [3.8, 4) is 0 Å². The quantitative estimate of drug-likeness (QED) is 0.585. The number of fused-ring (bicyclic) bond motifs is 1. The third-order valence-electron chi connectivity index (χ3n) is 4.78. The van der Waals surface area contributed by atoms with E-state index >= 15 is 0 Å². The highest BCUT2D eigenvalue weighted by molar-refractivity contribution is 9.10. The lowest BCUT2D eigenvalue weighted by Gasteiger charge is -2.24. The molecule has 0 bridgehead atoms. The number of furan rings is 1. The van der Waals surface area contributed by atoms with Crippen LogP contribution in [0.1, 0.15) is 34.9 Å². The zero-order valence-corrected chi connectivity index (χ0v) is 17.0. The number of amides is 1. The Kier molecular flexibility index (Phi) is 5.37. The number of carbonyl (C=O) groups is 1. The van der Waals surface area contributed by atoms with Gasteiger partial charge in [0.1, 0.15) is 17.1 Å². The van der Waals surface area contributed by atoms with Crippen LogP contribution in [0.4, 0.5) is 0 Å². The van der Waals surface area contributed by atoms with E-state index in [4.69, 9.17) is 13.6 Å². The van der Waals surface area contributed by atoms with E-state index in [0.717, 1.165) is 23.1 Å². The minimum absolute atomic E-state index is 0.0110. The Morgan fingerprint density at radius 2 is 2.07 bits per heavy atom. The summed E-state index contributed by atoms with van der Waals surface area (Å²) < 4.78 is 17.9. The van der Waals surface area contributed by atoms with Gasteiger partial charge in [-0.3, -0.25) is 9.59 Å². The lowest BCUT2D eigenvalue weighted by atomic mass is 10.2. The van der Waals surface area contributed by atoms with Crippen molar-refractivity contribution < 1.29 is 18.4 Å². The number of nitrogens with zero attached hydrogens (tertiary/aromatic N) is 1. The molecule has 1 aliphatic heterocycles. The van der Waals surface area contributed by atoms with Gasteiger partial charge in [0.15, 0.2) is 11.2 Å². The van der Waals surface area contributed by atoms with Crippen molar-refractivity contribution in [2.24, 2.45) is 0 Å². The fourth-order valence-electron chi connectivity index (χ4n) is 3.40. The molecule has 146 valence electrons. The lowest BCUT2D eigenvalue weighted by Crippen LogP contribution is -2.37. The number of halogens is 1. The molecular weight excluding hydrogens is 426 g/mol. The molecule has 6 nitrogen and oxygen atoms in total. The average Bonchev–Trinajstić information content (AvgIpc) is 3.32. The van der Waals surface area contributed by atoms with Crippen LogP contribution >= 0.6 is 15.9 Å². The van der Waals surface area contributed by atoms with E-state index < -0.39 is 0 Å². The van der Waals surface area contributed by atoms with Gasteiger partial charge in [-0.05, 0) is 50.1 Å². The highest BCUT2D eigenvalue weighted by Crippen LogP contribution is 2.21. The monoisotopic (exact) mass is 445 g/mol. The third kappa shape index (κ3) is 4.05. The summed E-state index contributed by atoms with van der Waals surface area (Å²) in [6.07, 6.45) is 1.85. The molecule has 1 aromatic carbocycles. The molecule has 0 saturated carbocycles. The zero-order chi connectivity index (χ0) is 19.7. The summed E-state index contributed by atoms with van der Waals surface area (Å²) in [4.78, 5) is 27.3. The molecule has 3 aromatic rings. The summed E-state index contributed by atoms with van der Waals surface area (Å²) in [6.45, 7) is 3.26. The Labute approximate surface area is 170 Å². The normalized spacial score (nSPS) is 16.6. The minimum Gasteiger partial charge on any atom is -0.464 e. The van der Waals surface area contributed by atoms with Crippen LogP contribution < -0.4 is 5.43 Å². The molecule has 0 radical (unpaired) electrons. The zero-order valence-electron chi connectivity index (χ0n) is 15.4. The summed E-state index contributed by atoms with van der Waals surface area (Å²) in [5, 5.41) is 0.437. The van der Waals surface area contributed by atoms with Crippen LogP contribution in [0.3, 0.4) is 0 Å². The second-order valence-electron chi connectivity index (χ2n) is 6.95. The first-order valence-corrected chi connectivity index (χ1v) is 9.98. The molecule has 1 unspecified atom stereocenters. The predicted molar refractivity (Wildman–Crippen MR) is 107 cm³/mol. The van der Waals surface area contributed by atoms with Gasteiger partial charge in [-0.1, -0.05) is 15.9 Å². The van der Waals surface area contributed by atoms with Crippen molar-refractivity contribution in [2.75, 3.05) is 13.2 Å². The first-order chi connectivity index (χ1) is 13.5. The van der Waals surface area contributed by atoms with Crippen molar-refractivity contribution in [2.45, 2.75) is 32.4 Å². The molecule has 7 heteroatoms. The van der Waals surface area contributed by atoms with Crippen molar-refractivity contribution in [3.63, 3.8) is 0 Å². The molecule has 0 spiro atoms. The Morgan fingerprint density at radius 3 is 2.79 bits per heavy atom. The Bertz CT molecular complexity index is 1060. The molecule has 0 N–H and O–H groups in total. The van der Waals surface area contributed by atoms with Gasteiger partial charge in [-0.25, -0.2) is 0 Å². The maximum Gasteiger partial charge on any atom is 0.290 e. The van der Waals surface area contributed by atoms with Crippen LogP contribution in [-0.2, 0) is 11.3 Å². The van der Waals surface area contributed by atoms with E-state index in [0.29, 0.717) is 29.9 Å². The van der Waals surface area contributed by atoms with E-state index in [1.54, 1.807) is 23.1 Å². The maximum atomic E-state index is 13.2. The first kappa shape index (κ1) is 19.0. The van der Waals surface area contributed by atoms with E-state index in [2.05, 4.69) is 15.9 Å². The highest BCUT2D eigenvalue weighted by Gasteiger charge is 2.26. The number of aryl methyl sites for hydroxylation is 1. The Hall–Kier alpha value is -2.38. The summed E-state index contributed by atoms with van der Waals surface area (Å²) >= 11 is 3.37. The van der Waals surface area contributed by atoms with E-state index in [-0.39, 0.29) is 29.7 Å². The average molecular weight is 446 g/mol. The smallest absolute Gasteiger partial charge is 0.290 e. The van der Waals surface area contributed by atoms with Gasteiger partial charge in [-0.2, -0.15) is 0 Å². The van der Waals surface area contributed by atoms with Crippen LogP contribution in [-0.4, -0.2) is 30.1 Å². The number of carbonyl (C=O) groups excluding carboxylic acids is 1. The van der Waals surface area contributed by atoms with Gasteiger partial charge < -0.3 is 18.5 Å². The van der Waals surface area contributed by atoms with Gasteiger partial charge >= 0.3 is 0 Å². The topological polar surface area (TPSA) is 72.9 Å². The number of rotatable bonds is 5. The van der Waals surface area contributed by atoms with Crippen molar-refractivity contribution >= 4 is 32.8 Å². The molecule has 1 fully saturated rings. The van der Waals surface area contributed by atoms with E-state index in [1.807, 2.05) is 19.1 Å². The second-order valence-corrected chi connectivity index (χ2v) is 7.86. The second kappa shape index (κ2) is 7.93. The molecule has 1 aliphatic rings. The third-order valence-corrected chi connectivity index (χ3v) is 5.27. The molecule has 3 heterocycles. The van der Waals surface area contributed by atoms with Crippen LogP contribution in [0.15, 0.2) is 54.5 Å². The molecule has 4 rings (SSSR count). The van der Waals surface area contributed by atoms with Crippen LogP contribution in [0.2, 0.25) is 0 Å². The van der Waals surface area contributed by atoms with Crippen LogP contribution in [0, 0.1) is 6.92 Å². The minimum atomic E-state index is -0.358. The number of ether oxygens (including phenoxy) is 1. The largest absolute Gasteiger partial charge is 0.464 e. The fraction of sp³-hybridized carbons (Fsp3) is 0.333. The van der Waals surface area contributed by atoms with Crippen molar-refractivity contribution in [1.82, 2.24) is 4.90 Å². The van der Waals surface area contributed by atoms with Gasteiger partial charge in [0.25, 0.3) is 5.91 Å². The standard InChI is InChI=1S/C21H20BrNO5/c1-13-4-6-16(27-13)12-23(11-15-3-2-8-26-15)21(25)20-10-18(24)17-7-5-14(22)9-19(17)28-20/h4-7,9-10,15H,2-3,8,11-12H2,1H3. The number of hydrogen-bond donors (Lipinski definition) is 0. The van der Waals surface area contributed by atoms with Gasteiger partial charge in [0, 0.05) is 23.7 Å². The Morgan fingerprint density at radius 1 is 1.21 bits per heavy atom. The first-order valence-electron chi connectivity index (χ1n) is 9.19. The van der Waals surface area contributed by atoms with Gasteiger partial charge in [0.2, 0.25) is 0 Å². The van der Waals surface area contributed by atoms with Gasteiger partial charge in [-0.15, -0.1) is 0 Å². The summed E-state index contributed by atoms with van der Waals surface area (Å²) in [5.74, 6) is 1.11. The SMILES string of the molecule is Cc1ccc(CN(CC2CCCO2)C(=O)c2cc(=O)c3ccc(Br)cc3o2)o1. The molecule has 2 aromatic heterocycles. The maximum absolute atomic E-state index is 13.2. The van der Waals surface area contributed by atoms with Crippen molar-refractivity contribution in [3.05, 3.63) is 68.4 Å². The Balaban J connectivity index is 1.67. The lowest BCUT2D eigenvalue weighted by molar-refractivity contribution is 0.0468. The number of hydrogen-bond acceptors (Lipinski definition) is 5.